The third-order valence-electron chi connectivity index (χ3n) is 7.91. The van der Waals surface area contributed by atoms with E-state index in [2.05, 4.69) is 26.8 Å². The number of carbonyl (C=O) groups is 3. The van der Waals surface area contributed by atoms with Gasteiger partial charge in [0, 0.05) is 20.8 Å². The molecule has 0 aromatic heterocycles. The van der Waals surface area contributed by atoms with E-state index in [0.29, 0.717) is 12.5 Å². The number of ether oxygens (including phenoxy) is 3. The van der Waals surface area contributed by atoms with Crippen LogP contribution in [0.3, 0.4) is 0 Å². The van der Waals surface area contributed by atoms with Crippen LogP contribution in [-0.4, -0.2) is 37.7 Å². The first-order valence-corrected chi connectivity index (χ1v) is 11.7. The van der Waals surface area contributed by atoms with Crippen molar-refractivity contribution in [2.24, 2.45) is 22.7 Å². The predicted molar refractivity (Wildman–Crippen MR) is 123 cm³/mol. The van der Waals surface area contributed by atoms with E-state index >= 15 is 0 Å². The van der Waals surface area contributed by atoms with Crippen molar-refractivity contribution < 1.29 is 28.6 Å². The second-order valence-corrected chi connectivity index (χ2v) is 9.92. The zero-order chi connectivity index (χ0) is 23.9. The fourth-order valence-electron chi connectivity index (χ4n) is 5.81. The van der Waals surface area contributed by atoms with Crippen molar-refractivity contribution in [3.05, 3.63) is 23.3 Å². The van der Waals surface area contributed by atoms with E-state index in [1.165, 1.54) is 26.3 Å². The molecule has 6 nitrogen and oxygen atoms in total. The van der Waals surface area contributed by atoms with Gasteiger partial charge in [0.15, 0.2) is 0 Å². The van der Waals surface area contributed by atoms with Gasteiger partial charge >= 0.3 is 17.9 Å². The summed E-state index contributed by atoms with van der Waals surface area (Å²) in [6.45, 7) is 12.0. The molecule has 0 N–H and O–H groups in total. The molecule has 0 spiro atoms. The van der Waals surface area contributed by atoms with Crippen molar-refractivity contribution in [2.75, 3.05) is 19.8 Å². The summed E-state index contributed by atoms with van der Waals surface area (Å²) < 4.78 is 15.8. The number of hydrogen-bond donors (Lipinski definition) is 0. The zero-order valence-corrected chi connectivity index (χ0v) is 20.6. The van der Waals surface area contributed by atoms with Crippen LogP contribution in [0.4, 0.5) is 0 Å². The van der Waals surface area contributed by atoms with Crippen molar-refractivity contribution in [3.8, 4) is 0 Å². The summed E-state index contributed by atoms with van der Waals surface area (Å²) in [6, 6.07) is 0. The third-order valence-corrected chi connectivity index (χ3v) is 7.91. The van der Waals surface area contributed by atoms with Crippen molar-refractivity contribution in [3.63, 3.8) is 0 Å². The maximum Gasteiger partial charge on any atom is 0.302 e. The molecule has 0 heterocycles. The average Bonchev–Trinajstić information content (AvgIpc) is 2.70. The zero-order valence-electron chi connectivity index (χ0n) is 20.6. The Hall–Kier alpha value is -2.11. The molecule has 180 valence electrons. The summed E-state index contributed by atoms with van der Waals surface area (Å²) in [5, 5.41) is 0. The van der Waals surface area contributed by atoms with Gasteiger partial charge in [-0.15, -0.1) is 0 Å². The van der Waals surface area contributed by atoms with Crippen molar-refractivity contribution >= 4 is 17.9 Å². The highest BCUT2D eigenvalue weighted by Crippen LogP contribution is 2.62. The third kappa shape index (κ3) is 6.46. The lowest BCUT2D eigenvalue weighted by Crippen LogP contribution is -2.51. The first-order chi connectivity index (χ1) is 15.0. The fourth-order valence-corrected chi connectivity index (χ4v) is 5.81. The van der Waals surface area contributed by atoms with E-state index in [0.717, 1.165) is 44.1 Å². The highest BCUT2D eigenvalue weighted by molar-refractivity contribution is 5.66. The first kappa shape index (κ1) is 26.1. The lowest BCUT2D eigenvalue weighted by atomic mass is 9.46. The van der Waals surface area contributed by atoms with Crippen LogP contribution in [0.1, 0.15) is 80.1 Å². The van der Waals surface area contributed by atoms with Gasteiger partial charge in [-0.2, -0.15) is 0 Å². The summed E-state index contributed by atoms with van der Waals surface area (Å²) in [6.07, 6.45) is 10.2. The van der Waals surface area contributed by atoms with E-state index in [1.807, 2.05) is 6.08 Å². The van der Waals surface area contributed by atoms with Crippen LogP contribution in [0.2, 0.25) is 0 Å². The molecule has 0 bridgehead atoms. The number of esters is 3. The van der Waals surface area contributed by atoms with Crippen LogP contribution in [0.5, 0.6) is 0 Å². The Morgan fingerprint density at radius 2 is 1.69 bits per heavy atom. The molecule has 2 rings (SSSR count). The molecule has 0 amide bonds. The average molecular weight is 449 g/mol. The lowest BCUT2D eigenvalue weighted by Gasteiger charge is -2.58. The Kier molecular flexibility index (Phi) is 9.11. The molecule has 0 saturated heterocycles. The van der Waals surface area contributed by atoms with Gasteiger partial charge in [0.05, 0.1) is 6.61 Å². The lowest BCUT2D eigenvalue weighted by molar-refractivity contribution is -0.148. The molecular weight excluding hydrogens is 408 g/mol. The molecule has 1 fully saturated rings. The number of rotatable bonds is 9. The number of allylic oxidation sites excluding steroid dienone is 2. The summed E-state index contributed by atoms with van der Waals surface area (Å²) >= 11 is 0. The molecule has 0 unspecified atom stereocenters. The van der Waals surface area contributed by atoms with Gasteiger partial charge in [0.2, 0.25) is 0 Å². The molecule has 0 aromatic carbocycles. The highest BCUT2D eigenvalue weighted by atomic mass is 16.5. The van der Waals surface area contributed by atoms with Crippen LogP contribution in [0.25, 0.3) is 0 Å². The first-order valence-electron chi connectivity index (χ1n) is 11.7. The number of fused-ring (bicyclic) bond motifs is 1. The summed E-state index contributed by atoms with van der Waals surface area (Å²) in [5.74, 6) is -0.150. The minimum atomic E-state index is -0.339. The minimum Gasteiger partial charge on any atom is -0.466 e. The Labute approximate surface area is 192 Å². The number of hydrogen-bond acceptors (Lipinski definition) is 6. The molecule has 1 saturated carbocycles. The summed E-state index contributed by atoms with van der Waals surface area (Å²) in [5.41, 5.74) is 2.53. The van der Waals surface area contributed by atoms with Gasteiger partial charge < -0.3 is 14.2 Å². The minimum absolute atomic E-state index is 0.0330. The van der Waals surface area contributed by atoms with E-state index in [9.17, 15) is 14.4 Å². The topological polar surface area (TPSA) is 78.9 Å². The largest absolute Gasteiger partial charge is 0.466 e. The van der Waals surface area contributed by atoms with Crippen LogP contribution in [0, 0.1) is 22.7 Å². The van der Waals surface area contributed by atoms with Gasteiger partial charge in [0.1, 0.15) is 13.2 Å². The van der Waals surface area contributed by atoms with E-state index in [4.69, 9.17) is 14.2 Å². The second kappa shape index (κ2) is 11.2. The van der Waals surface area contributed by atoms with Gasteiger partial charge in [-0.25, -0.2) is 0 Å². The summed E-state index contributed by atoms with van der Waals surface area (Å²) in [7, 11) is 0. The molecule has 32 heavy (non-hydrogen) atoms. The van der Waals surface area contributed by atoms with Crippen molar-refractivity contribution in [2.45, 2.75) is 80.1 Å². The standard InChI is InChI=1S/C26H40O6/c1-18-8-7-9-24-25(18,5)14-11-23(17-32-21(4)29)26(24,6)13-10-22(16-31-20(3)28)12-15-30-19(2)27/h8,12,23-24H,7,9-11,13-17H2,1-6H3/b22-12+/t23-,24-,25-,26-/m0/s1. The SMILES string of the molecule is CC(=O)OC/C=C(\CC[C@@]1(C)[C@H](COC(C)=O)CC[C@@]2(C)C(C)=CCC[C@H]12)COC(C)=O. The van der Waals surface area contributed by atoms with Crippen molar-refractivity contribution in [1.82, 2.24) is 0 Å². The maximum atomic E-state index is 11.6. The van der Waals surface area contributed by atoms with E-state index in [1.54, 1.807) is 0 Å². The smallest absolute Gasteiger partial charge is 0.302 e. The second-order valence-electron chi connectivity index (χ2n) is 9.92. The van der Waals surface area contributed by atoms with Gasteiger partial charge in [0.25, 0.3) is 0 Å². The molecular formula is C26H40O6. The highest BCUT2D eigenvalue weighted by Gasteiger charge is 2.54. The van der Waals surface area contributed by atoms with Crippen LogP contribution in [0.15, 0.2) is 23.3 Å². The van der Waals surface area contributed by atoms with Gasteiger partial charge in [-0.1, -0.05) is 25.5 Å². The van der Waals surface area contributed by atoms with Crippen LogP contribution >= 0.6 is 0 Å². The quantitative estimate of drug-likeness (QED) is 0.275. The van der Waals surface area contributed by atoms with Crippen molar-refractivity contribution in [1.29, 1.82) is 0 Å². The van der Waals surface area contributed by atoms with E-state index in [-0.39, 0.29) is 47.9 Å². The monoisotopic (exact) mass is 448 g/mol. The van der Waals surface area contributed by atoms with Crippen LogP contribution in [-0.2, 0) is 28.6 Å². The van der Waals surface area contributed by atoms with Gasteiger partial charge in [-0.3, -0.25) is 14.4 Å². The molecule has 4 atom stereocenters. The summed E-state index contributed by atoms with van der Waals surface area (Å²) in [4.78, 5) is 34.1. The number of carbonyl (C=O) groups excluding carboxylic acids is 3. The molecule has 0 aromatic rings. The Balaban J connectivity index is 2.26. The Morgan fingerprint density at radius 3 is 2.31 bits per heavy atom. The fraction of sp³-hybridized carbons (Fsp3) is 0.731. The molecule has 2 aliphatic rings. The molecule has 0 radical (unpaired) electrons. The Morgan fingerprint density at radius 1 is 1.03 bits per heavy atom. The molecule has 2 aliphatic carbocycles. The van der Waals surface area contributed by atoms with Crippen LogP contribution < -0.4 is 0 Å². The van der Waals surface area contributed by atoms with Gasteiger partial charge in [-0.05, 0) is 79.8 Å². The van der Waals surface area contributed by atoms with E-state index < -0.39 is 0 Å². The molecule has 0 aliphatic heterocycles. The normalized spacial score (nSPS) is 30.1. The maximum absolute atomic E-state index is 11.6. The Bertz CT molecular complexity index is 766. The predicted octanol–water partition coefficient (Wildman–Crippen LogP) is 5.16. The molecule has 6 heteroatoms.